The first-order valence-corrected chi connectivity index (χ1v) is 32.5. The molecular weight excluding hydrogens is 985 g/mol. The Morgan fingerprint density at radius 2 is 0.667 bits per heavy atom. The molecule has 3 saturated heterocycles. The second kappa shape index (κ2) is 50.1. The lowest BCUT2D eigenvalue weighted by atomic mass is 10.1. The van der Waals surface area contributed by atoms with Crippen LogP contribution in [0.5, 0.6) is 0 Å². The molecule has 78 heavy (non-hydrogen) atoms. The van der Waals surface area contributed by atoms with E-state index in [4.69, 9.17) is 42.6 Å². The highest BCUT2D eigenvalue weighted by atomic mass is 16.6. The monoisotopic (exact) mass is 1100 g/mol. The summed E-state index contributed by atoms with van der Waals surface area (Å²) in [4.78, 5) is 38.7. The Morgan fingerprint density at radius 1 is 0.372 bits per heavy atom. The van der Waals surface area contributed by atoms with Crippen molar-refractivity contribution in [2.75, 3.05) is 52.9 Å². The van der Waals surface area contributed by atoms with Gasteiger partial charge in [-0.25, -0.2) is 0 Å². The van der Waals surface area contributed by atoms with Gasteiger partial charge in [-0.15, -0.1) is 0 Å². The predicted molar refractivity (Wildman–Crippen MR) is 315 cm³/mol. The molecule has 0 N–H and O–H groups in total. The minimum atomic E-state index is -0.827. The van der Waals surface area contributed by atoms with Crippen molar-refractivity contribution in [1.82, 2.24) is 0 Å². The van der Waals surface area contributed by atoms with Crippen molar-refractivity contribution in [3.63, 3.8) is 0 Å². The normalized spacial score (nSPS) is 18.4. The first-order chi connectivity index (χ1) is 38.4. The quantitative estimate of drug-likeness (QED) is 0.0188. The van der Waals surface area contributed by atoms with Gasteiger partial charge in [0.1, 0.15) is 31.5 Å². The van der Waals surface area contributed by atoms with Crippen LogP contribution < -0.4 is 0 Å². The Hall–Kier alpha value is -2.61. The molecule has 0 radical (unpaired) electrons. The minimum absolute atomic E-state index is 0.117. The summed E-state index contributed by atoms with van der Waals surface area (Å²) in [5.74, 6) is -0.979. The van der Waals surface area contributed by atoms with Crippen LogP contribution in [0.1, 0.15) is 271 Å². The first-order valence-electron chi connectivity index (χ1n) is 32.5. The van der Waals surface area contributed by atoms with Gasteiger partial charge in [0.2, 0.25) is 0 Å². The number of allylic oxidation sites excluding steroid dienone is 3. The molecule has 3 aliphatic heterocycles. The summed E-state index contributed by atoms with van der Waals surface area (Å²) < 4.78 is 51.5. The van der Waals surface area contributed by atoms with Crippen LogP contribution in [0.15, 0.2) is 36.5 Å². The molecule has 0 spiro atoms. The van der Waals surface area contributed by atoms with Gasteiger partial charge in [0.25, 0.3) is 0 Å². The number of ether oxygens (including phenoxy) is 9. The van der Waals surface area contributed by atoms with Crippen LogP contribution in [-0.4, -0.2) is 113 Å². The Morgan fingerprint density at radius 3 is 0.987 bits per heavy atom. The molecule has 6 atom stereocenters. The molecule has 3 fully saturated rings. The number of hydrogen-bond acceptors (Lipinski definition) is 12. The zero-order valence-electron chi connectivity index (χ0n) is 50.1. The van der Waals surface area contributed by atoms with Crippen molar-refractivity contribution in [3.8, 4) is 0 Å². The zero-order valence-corrected chi connectivity index (χ0v) is 50.1. The maximum Gasteiger partial charge on any atom is 0.306 e. The van der Waals surface area contributed by atoms with Gasteiger partial charge < -0.3 is 42.6 Å². The molecular formula is C66H116O12. The van der Waals surface area contributed by atoms with E-state index in [1.165, 1.54) is 77.0 Å². The summed E-state index contributed by atoms with van der Waals surface area (Å²) in [7, 11) is 0. The lowest BCUT2D eigenvalue weighted by Gasteiger charge is -2.18. The highest BCUT2D eigenvalue weighted by molar-refractivity contribution is 5.71. The summed E-state index contributed by atoms with van der Waals surface area (Å²) in [6.45, 7) is 11.1. The maximum atomic E-state index is 13.0. The van der Waals surface area contributed by atoms with E-state index in [1.54, 1.807) is 0 Å². The summed E-state index contributed by atoms with van der Waals surface area (Å²) in [6.07, 6.45) is 55.0. The summed E-state index contributed by atoms with van der Waals surface area (Å²) in [5, 5.41) is 0. The molecule has 3 aliphatic rings. The van der Waals surface area contributed by atoms with E-state index in [9.17, 15) is 14.4 Å². The van der Waals surface area contributed by atoms with Crippen LogP contribution in [-0.2, 0) is 57.0 Å². The molecule has 12 nitrogen and oxygen atoms in total. The predicted octanol–water partition coefficient (Wildman–Crippen LogP) is 16.3. The van der Waals surface area contributed by atoms with Gasteiger partial charge in [0.05, 0.1) is 58.0 Å². The second-order valence-corrected chi connectivity index (χ2v) is 22.8. The molecule has 0 aromatic rings. The molecule has 3 rings (SSSR count). The fourth-order valence-electron chi connectivity index (χ4n) is 9.59. The van der Waals surface area contributed by atoms with E-state index < -0.39 is 6.10 Å². The molecule has 0 amide bonds. The van der Waals surface area contributed by atoms with E-state index in [2.05, 4.69) is 57.2 Å². The number of hydrogen-bond donors (Lipinski definition) is 0. The summed E-state index contributed by atoms with van der Waals surface area (Å²) >= 11 is 0. The van der Waals surface area contributed by atoms with Crippen molar-refractivity contribution in [1.29, 1.82) is 0 Å². The number of rotatable bonds is 59. The lowest BCUT2D eigenvalue weighted by molar-refractivity contribution is -0.167. The van der Waals surface area contributed by atoms with Crippen molar-refractivity contribution in [2.24, 2.45) is 0 Å². The highest BCUT2D eigenvalue weighted by Gasteiger charge is 2.26. The number of esters is 3. The first kappa shape index (κ1) is 69.7. The fourth-order valence-corrected chi connectivity index (χ4v) is 9.59. The molecule has 0 aliphatic carbocycles. The standard InChI is InChI=1S/C66H116O12/c1-4-7-10-31-40-57(70-49-60-52-73-60)43-34-25-19-13-16-22-28-37-46-64(67)76-55-63(78-66(69)48-39-30-24-18-15-21-27-36-45-59(42-33-12-9-6-3)72-51-62-54-75-62)56-77-65(68)47-38-29-23-17-14-20-26-35-44-58(41-32-11-8-5-2)71-50-61-53-74-61/h25-27,34-36,57-63H,4-24,28-33,37-56H2,1-3H3. The van der Waals surface area contributed by atoms with Crippen LogP contribution in [0, 0.1) is 0 Å². The van der Waals surface area contributed by atoms with Gasteiger partial charge in [-0.05, 0) is 96.3 Å². The fraction of sp³-hybridized carbons (Fsp3) is 0.864. The SMILES string of the molecule is CCCCCCC(CC=CCCCCCCCC(=O)OCC(COC(=O)CCCCCCCC=CCC(CCCCCC)OCC1CO1)OC(=O)CCCCCCCC=CCC(CCCCCC)OCC1CO1)OCC1CO1. The molecule has 0 saturated carbocycles. The van der Waals surface area contributed by atoms with E-state index >= 15 is 0 Å². The van der Waals surface area contributed by atoms with Crippen molar-refractivity contribution in [3.05, 3.63) is 36.5 Å². The third kappa shape index (κ3) is 45.1. The Labute approximate surface area is 476 Å². The van der Waals surface area contributed by atoms with Crippen LogP contribution in [0.4, 0.5) is 0 Å². The molecule has 3 heterocycles. The van der Waals surface area contributed by atoms with Crippen LogP contribution in [0.25, 0.3) is 0 Å². The van der Waals surface area contributed by atoms with Gasteiger partial charge in [0.15, 0.2) is 6.10 Å². The Balaban J connectivity index is 1.29. The topological polar surface area (TPSA) is 144 Å². The minimum Gasteiger partial charge on any atom is -0.462 e. The average molecular weight is 1100 g/mol. The zero-order chi connectivity index (χ0) is 55.6. The largest absolute Gasteiger partial charge is 0.462 e. The van der Waals surface area contributed by atoms with Gasteiger partial charge in [-0.1, -0.05) is 192 Å². The molecule has 452 valence electrons. The van der Waals surface area contributed by atoms with Gasteiger partial charge >= 0.3 is 17.9 Å². The van der Waals surface area contributed by atoms with E-state index in [0.717, 1.165) is 174 Å². The number of unbranched alkanes of at least 4 members (excludes halogenated alkanes) is 24. The van der Waals surface area contributed by atoms with Crippen LogP contribution in [0.2, 0.25) is 0 Å². The Kier molecular flexibility index (Phi) is 44.8. The summed E-state index contributed by atoms with van der Waals surface area (Å²) in [6, 6.07) is 0. The summed E-state index contributed by atoms with van der Waals surface area (Å²) in [5.41, 5.74) is 0. The molecule has 0 aromatic heterocycles. The smallest absolute Gasteiger partial charge is 0.306 e. The van der Waals surface area contributed by atoms with Crippen molar-refractivity contribution >= 4 is 17.9 Å². The number of carbonyl (C=O) groups is 3. The van der Waals surface area contributed by atoms with E-state index in [1.807, 2.05) is 0 Å². The number of carbonyl (C=O) groups excluding carboxylic acids is 3. The van der Waals surface area contributed by atoms with Crippen LogP contribution >= 0.6 is 0 Å². The van der Waals surface area contributed by atoms with Crippen LogP contribution in [0.3, 0.4) is 0 Å². The van der Waals surface area contributed by atoms with E-state index in [0.29, 0.717) is 51.0 Å². The van der Waals surface area contributed by atoms with Gasteiger partial charge in [-0.3, -0.25) is 14.4 Å². The van der Waals surface area contributed by atoms with Crippen molar-refractivity contribution < 1.29 is 57.0 Å². The maximum absolute atomic E-state index is 13.0. The van der Waals surface area contributed by atoms with Crippen molar-refractivity contribution in [2.45, 2.75) is 314 Å². The third-order valence-corrected chi connectivity index (χ3v) is 15.0. The second-order valence-electron chi connectivity index (χ2n) is 22.8. The third-order valence-electron chi connectivity index (χ3n) is 15.0. The van der Waals surface area contributed by atoms with Gasteiger partial charge in [-0.2, -0.15) is 0 Å². The van der Waals surface area contributed by atoms with E-state index in [-0.39, 0.29) is 55.9 Å². The number of epoxide rings is 3. The Bertz CT molecular complexity index is 1430. The lowest BCUT2D eigenvalue weighted by Crippen LogP contribution is -2.30. The highest BCUT2D eigenvalue weighted by Crippen LogP contribution is 2.21. The molecule has 12 heteroatoms. The molecule has 0 bridgehead atoms. The molecule has 0 aromatic carbocycles. The average Bonchev–Trinajstić information content (AvgIpc) is 4.28. The molecule has 6 unspecified atom stereocenters. The van der Waals surface area contributed by atoms with Gasteiger partial charge in [0, 0.05) is 19.3 Å².